The molecule has 1 saturated heterocycles. The third kappa shape index (κ3) is 6.05. The fourth-order valence-electron chi connectivity index (χ4n) is 11.2. The number of hydrogen-bond acceptors (Lipinski definition) is 8. The summed E-state index contributed by atoms with van der Waals surface area (Å²) in [6, 6.07) is 17.1. The highest BCUT2D eigenvalue weighted by molar-refractivity contribution is 5.85. The zero-order chi connectivity index (χ0) is 38.9. The van der Waals surface area contributed by atoms with Crippen LogP contribution in [0.3, 0.4) is 0 Å². The van der Waals surface area contributed by atoms with Crippen LogP contribution in [0.25, 0.3) is 33.2 Å². The monoisotopic (exact) mass is 764 g/mol. The average molecular weight is 765 g/mol. The average Bonchev–Trinajstić information content (AvgIpc) is 3.74. The second kappa shape index (κ2) is 13.8. The van der Waals surface area contributed by atoms with E-state index in [1.165, 1.54) is 35.8 Å². The van der Waals surface area contributed by atoms with Crippen molar-refractivity contribution in [2.24, 2.45) is 11.8 Å². The first-order valence-corrected chi connectivity index (χ1v) is 21.0. The van der Waals surface area contributed by atoms with Crippen molar-refractivity contribution < 1.29 is 19.0 Å². The number of hydrogen-bond donors (Lipinski definition) is 0. The van der Waals surface area contributed by atoms with Crippen LogP contribution in [0, 0.1) is 25.7 Å². The minimum Gasteiger partial charge on any atom is -0.493 e. The highest BCUT2D eigenvalue weighted by atomic mass is 16.6. The summed E-state index contributed by atoms with van der Waals surface area (Å²) in [5.74, 6) is 3.40. The molecule has 0 bridgehead atoms. The molecule has 2 saturated carbocycles. The lowest BCUT2D eigenvalue weighted by Crippen LogP contribution is -2.42. The van der Waals surface area contributed by atoms with Gasteiger partial charge in [-0.3, -0.25) is 14.8 Å². The maximum absolute atomic E-state index is 12.1. The first-order chi connectivity index (χ1) is 27.7. The van der Waals surface area contributed by atoms with Gasteiger partial charge in [-0.05, 0) is 113 Å². The maximum atomic E-state index is 12.1. The molecule has 57 heavy (non-hydrogen) atoms. The molecule has 10 heteroatoms. The molecule has 0 amide bonds. The second-order valence-corrected chi connectivity index (χ2v) is 17.3. The van der Waals surface area contributed by atoms with Crippen molar-refractivity contribution in [3.63, 3.8) is 0 Å². The van der Waals surface area contributed by atoms with Crippen LogP contribution in [0.15, 0.2) is 73.3 Å². The zero-order valence-corrected chi connectivity index (χ0v) is 33.6. The van der Waals surface area contributed by atoms with Gasteiger partial charge in [-0.15, -0.1) is 0 Å². The van der Waals surface area contributed by atoms with Crippen molar-refractivity contribution in [2.45, 2.75) is 108 Å². The summed E-state index contributed by atoms with van der Waals surface area (Å²) in [4.78, 5) is 20.8. The van der Waals surface area contributed by atoms with E-state index < -0.39 is 0 Å². The molecule has 2 aromatic carbocycles. The number of benzene rings is 2. The summed E-state index contributed by atoms with van der Waals surface area (Å²) >= 11 is 0. The van der Waals surface area contributed by atoms with Gasteiger partial charge >= 0.3 is 0 Å². The zero-order valence-electron chi connectivity index (χ0n) is 33.6. The van der Waals surface area contributed by atoms with Gasteiger partial charge in [0.1, 0.15) is 17.3 Å². The molecule has 0 unspecified atom stereocenters. The van der Waals surface area contributed by atoms with E-state index in [2.05, 4.69) is 59.2 Å². The van der Waals surface area contributed by atoms with Crippen molar-refractivity contribution >= 4 is 27.6 Å². The summed E-state index contributed by atoms with van der Waals surface area (Å²) < 4.78 is 22.4. The topological polar surface area (TPSA) is 109 Å². The number of epoxide rings is 1. The Labute approximate surface area is 333 Å². The predicted molar refractivity (Wildman–Crippen MR) is 220 cm³/mol. The lowest BCUT2D eigenvalue weighted by Gasteiger charge is -2.45. The van der Waals surface area contributed by atoms with Crippen molar-refractivity contribution in [3.8, 4) is 22.9 Å². The molecule has 294 valence electrons. The van der Waals surface area contributed by atoms with Gasteiger partial charge in [0, 0.05) is 81.5 Å². The van der Waals surface area contributed by atoms with Gasteiger partial charge in [-0.1, -0.05) is 13.8 Å². The molecule has 7 heterocycles. The minimum absolute atomic E-state index is 0.0310. The van der Waals surface area contributed by atoms with Crippen LogP contribution < -0.4 is 9.47 Å². The molecule has 3 fully saturated rings. The number of carbonyl (C=O) groups excluding carboxylic acids is 1. The number of Topliss-reactive ketones (excluding diaryl/α,β-unsaturated/α-hetero) is 1. The SMILES string of the molecule is CC[C@@]12CCC(=O)C[C@@H]1CCOc1cc3c(cnn3-c3ccnc(C)c3)cc12.CC[C@@]12CC[C@]3(CO3)C[C@@H]1CCOc1cc3c(cnn3-c3ccnc(C)c3)cc12. The highest BCUT2D eigenvalue weighted by Gasteiger charge is 2.56. The van der Waals surface area contributed by atoms with E-state index in [9.17, 15) is 4.79 Å². The Balaban J connectivity index is 0.000000139. The smallest absolute Gasteiger partial charge is 0.133 e. The van der Waals surface area contributed by atoms with Crippen LogP contribution in [0.2, 0.25) is 0 Å². The molecule has 2 aliphatic carbocycles. The Morgan fingerprint density at radius 2 is 1.26 bits per heavy atom. The predicted octanol–water partition coefficient (Wildman–Crippen LogP) is 9.26. The number of rotatable bonds is 4. The van der Waals surface area contributed by atoms with Gasteiger partial charge in [-0.25, -0.2) is 9.36 Å². The third-order valence-electron chi connectivity index (χ3n) is 14.5. The fourth-order valence-corrected chi connectivity index (χ4v) is 11.2. The minimum atomic E-state index is 0.0310. The third-order valence-corrected chi connectivity index (χ3v) is 14.5. The van der Waals surface area contributed by atoms with Gasteiger partial charge in [0.15, 0.2) is 0 Å². The highest BCUT2D eigenvalue weighted by Crippen LogP contribution is 2.58. The lowest BCUT2D eigenvalue weighted by molar-refractivity contribution is -0.123. The van der Waals surface area contributed by atoms with Gasteiger partial charge < -0.3 is 14.2 Å². The van der Waals surface area contributed by atoms with Crippen LogP contribution in [-0.2, 0) is 20.4 Å². The quantitative estimate of drug-likeness (QED) is 0.164. The van der Waals surface area contributed by atoms with Crippen LogP contribution >= 0.6 is 0 Å². The largest absolute Gasteiger partial charge is 0.493 e. The van der Waals surface area contributed by atoms with Gasteiger partial charge in [0.2, 0.25) is 0 Å². The van der Waals surface area contributed by atoms with E-state index in [0.29, 0.717) is 37.1 Å². The molecule has 0 N–H and O–H groups in total. The summed E-state index contributed by atoms with van der Waals surface area (Å²) in [6.07, 6.45) is 17.6. The molecule has 10 nitrogen and oxygen atoms in total. The van der Waals surface area contributed by atoms with Crippen LogP contribution in [0.4, 0.5) is 0 Å². The first-order valence-electron chi connectivity index (χ1n) is 21.0. The number of carbonyl (C=O) groups is 1. The molecule has 1 spiro atoms. The summed E-state index contributed by atoms with van der Waals surface area (Å²) in [5.41, 5.74) is 9.18. The van der Waals surface area contributed by atoms with Crippen molar-refractivity contribution in [1.82, 2.24) is 29.5 Å². The Morgan fingerprint density at radius 3 is 1.79 bits per heavy atom. The van der Waals surface area contributed by atoms with Crippen LogP contribution in [0.5, 0.6) is 11.5 Å². The number of fused-ring (bicyclic) bond motifs is 8. The van der Waals surface area contributed by atoms with Crippen LogP contribution in [0.1, 0.15) is 101 Å². The van der Waals surface area contributed by atoms with Gasteiger partial charge in [0.25, 0.3) is 0 Å². The molecule has 5 aliphatic rings. The number of nitrogens with zero attached hydrogens (tertiary/aromatic N) is 6. The summed E-state index contributed by atoms with van der Waals surface area (Å²) in [5, 5.41) is 11.6. The van der Waals surface area contributed by atoms with E-state index in [4.69, 9.17) is 19.3 Å². The first kappa shape index (κ1) is 36.3. The summed E-state index contributed by atoms with van der Waals surface area (Å²) in [6.45, 7) is 11.0. The van der Waals surface area contributed by atoms with Crippen molar-refractivity contribution in [2.75, 3.05) is 19.8 Å². The second-order valence-electron chi connectivity index (χ2n) is 17.3. The van der Waals surface area contributed by atoms with Crippen molar-refractivity contribution in [1.29, 1.82) is 0 Å². The Kier molecular flexibility index (Phi) is 8.77. The molecule has 4 aromatic heterocycles. The molecule has 5 atom stereocenters. The van der Waals surface area contributed by atoms with Gasteiger partial charge in [-0.2, -0.15) is 10.2 Å². The van der Waals surface area contributed by atoms with Crippen LogP contribution in [-0.4, -0.2) is 60.7 Å². The Bertz CT molecular complexity index is 2520. The molecule has 11 rings (SSSR count). The number of pyridine rings is 2. The number of ether oxygens (including phenoxy) is 3. The van der Waals surface area contributed by atoms with Crippen molar-refractivity contribution in [3.05, 3.63) is 95.8 Å². The molecular formula is C47H52N6O4. The van der Waals surface area contributed by atoms with E-state index >= 15 is 0 Å². The number of ketones is 1. The molecule has 6 aromatic rings. The maximum Gasteiger partial charge on any atom is 0.133 e. The Morgan fingerprint density at radius 1 is 0.719 bits per heavy atom. The number of aryl methyl sites for hydroxylation is 2. The van der Waals surface area contributed by atoms with E-state index in [0.717, 1.165) is 96.0 Å². The fraction of sp³-hybridized carbons (Fsp3) is 0.468. The molecular weight excluding hydrogens is 713 g/mol. The lowest BCUT2D eigenvalue weighted by atomic mass is 9.58. The molecule has 0 radical (unpaired) electrons. The standard InChI is InChI=1S/C24H27N3O2.C23H25N3O2/c1-3-24-7-6-23(15-29-23)13-18(24)5-9-28-22-12-21-17(11-20(22)24)14-26-27(21)19-4-8-25-16(2)10-19;1-3-23-7-4-19(27)12-17(23)6-9-28-22-13-21-16(11-20(22)23)14-25-26(21)18-5-8-24-15(2)10-18/h4,8,10-12,14,18H,3,5-7,9,13,15H2,1-2H3;5,8,10-11,13-14,17H,3-4,6-7,9,12H2,1-2H3/t18-,23+,24+;17-,23+/m00/s1. The summed E-state index contributed by atoms with van der Waals surface area (Å²) in [7, 11) is 0. The number of aromatic nitrogens is 6. The van der Waals surface area contributed by atoms with E-state index in [1.807, 2.05) is 66.2 Å². The molecule has 3 aliphatic heterocycles. The van der Waals surface area contributed by atoms with E-state index in [1.54, 1.807) is 0 Å². The Hall–Kier alpha value is -5.09. The normalized spacial score (nSPS) is 27.5. The van der Waals surface area contributed by atoms with Gasteiger partial charge in [0.05, 0.1) is 60.2 Å². The van der Waals surface area contributed by atoms with E-state index in [-0.39, 0.29) is 16.4 Å².